The quantitative estimate of drug-likeness (QED) is 0.703. The third-order valence-corrected chi connectivity index (χ3v) is 2.11. The molecule has 2 N–H and O–H groups in total. The van der Waals surface area contributed by atoms with Crippen LogP contribution in [-0.2, 0) is 0 Å². The maximum atomic E-state index is 12.9. The van der Waals surface area contributed by atoms with Crippen molar-refractivity contribution in [3.05, 3.63) is 18.3 Å². The van der Waals surface area contributed by atoms with Crippen molar-refractivity contribution in [3.8, 4) is 0 Å². The van der Waals surface area contributed by atoms with Crippen molar-refractivity contribution in [1.82, 2.24) is 9.97 Å². The van der Waals surface area contributed by atoms with Gasteiger partial charge in [-0.3, -0.25) is 0 Å². The first-order valence-electron chi connectivity index (χ1n) is 4.17. The van der Waals surface area contributed by atoms with Crippen LogP contribution in [0.2, 0.25) is 0 Å². The third kappa shape index (κ3) is 1.75. The lowest BCUT2D eigenvalue weighted by molar-refractivity contribution is 0.0834. The van der Waals surface area contributed by atoms with Gasteiger partial charge in [0.1, 0.15) is 0 Å². The highest BCUT2D eigenvalue weighted by molar-refractivity contribution is 5.34. The molecule has 1 heterocycles. The second kappa shape index (κ2) is 3.26. The van der Waals surface area contributed by atoms with Crippen LogP contribution < -0.4 is 5.32 Å². The Morgan fingerprint density at radius 2 is 2.08 bits per heavy atom. The molecule has 0 bridgehead atoms. The van der Waals surface area contributed by atoms with E-state index in [1.165, 1.54) is 12.4 Å². The van der Waals surface area contributed by atoms with Gasteiger partial charge >= 0.3 is 0 Å². The van der Waals surface area contributed by atoms with E-state index >= 15 is 0 Å². The van der Waals surface area contributed by atoms with Crippen LogP contribution in [0.3, 0.4) is 0 Å². The Hall–Kier alpha value is -1.23. The van der Waals surface area contributed by atoms with E-state index in [2.05, 4.69) is 15.3 Å². The van der Waals surface area contributed by atoms with Crippen LogP contribution in [0.1, 0.15) is 12.8 Å². The van der Waals surface area contributed by atoms with E-state index in [0.29, 0.717) is 12.8 Å². The van der Waals surface area contributed by atoms with Crippen LogP contribution >= 0.6 is 0 Å². The van der Waals surface area contributed by atoms with Crippen molar-refractivity contribution in [2.45, 2.75) is 25.0 Å². The smallest absolute Gasteiger partial charge is 0.255 e. The Morgan fingerprint density at radius 1 is 1.38 bits per heavy atom. The molecule has 2 rings (SSSR count). The molecule has 70 valence electrons. The third-order valence-electron chi connectivity index (χ3n) is 2.11. The van der Waals surface area contributed by atoms with E-state index in [1.54, 1.807) is 0 Å². The Bertz CT molecular complexity index is 301. The zero-order valence-corrected chi connectivity index (χ0v) is 6.94. The molecule has 1 saturated carbocycles. The zero-order valence-electron chi connectivity index (χ0n) is 6.94. The van der Waals surface area contributed by atoms with E-state index in [1.807, 2.05) is 0 Å². The van der Waals surface area contributed by atoms with Crippen molar-refractivity contribution in [2.24, 2.45) is 0 Å². The molecule has 0 spiro atoms. The number of rotatable bonds is 2. The number of hydrogen-bond donors (Lipinski definition) is 2. The van der Waals surface area contributed by atoms with Gasteiger partial charge in [-0.1, -0.05) is 0 Å². The Balaban J connectivity index is 1.98. The second-order valence-corrected chi connectivity index (χ2v) is 3.16. The van der Waals surface area contributed by atoms with Crippen molar-refractivity contribution >= 4 is 5.82 Å². The van der Waals surface area contributed by atoms with Crippen LogP contribution in [0.15, 0.2) is 12.4 Å². The van der Waals surface area contributed by atoms with Gasteiger partial charge in [-0.25, -0.2) is 9.97 Å². The fourth-order valence-electron chi connectivity index (χ4n) is 1.32. The van der Waals surface area contributed by atoms with Crippen molar-refractivity contribution < 1.29 is 9.50 Å². The van der Waals surface area contributed by atoms with Gasteiger partial charge < -0.3 is 10.4 Å². The highest BCUT2D eigenvalue weighted by Crippen LogP contribution is 2.23. The molecular formula is C8H10FN3O. The van der Waals surface area contributed by atoms with Gasteiger partial charge in [-0.15, -0.1) is 0 Å². The van der Waals surface area contributed by atoms with Crippen LogP contribution in [-0.4, -0.2) is 27.2 Å². The zero-order chi connectivity index (χ0) is 9.26. The molecule has 1 aliphatic carbocycles. The van der Waals surface area contributed by atoms with Crippen LogP contribution in [0, 0.1) is 5.95 Å². The summed E-state index contributed by atoms with van der Waals surface area (Å²) in [5.41, 5.74) is 0. The predicted molar refractivity (Wildman–Crippen MR) is 44.6 cm³/mol. The van der Waals surface area contributed by atoms with E-state index in [-0.39, 0.29) is 18.0 Å². The Kier molecular flexibility index (Phi) is 2.10. The van der Waals surface area contributed by atoms with Gasteiger partial charge in [-0.2, -0.15) is 4.39 Å². The summed E-state index contributed by atoms with van der Waals surface area (Å²) in [4.78, 5) is 7.25. The SMILES string of the molecule is OC1CC(Nc2nccnc2F)C1. The monoisotopic (exact) mass is 183 g/mol. The standard InChI is InChI=1S/C8H10FN3O/c9-7-8(11-2-1-10-7)12-5-3-6(13)4-5/h1-2,5-6,13H,3-4H2,(H,11,12). The summed E-state index contributed by atoms with van der Waals surface area (Å²) in [6, 6.07) is 0.126. The molecule has 4 nitrogen and oxygen atoms in total. The molecule has 1 aliphatic rings. The predicted octanol–water partition coefficient (Wildman–Crippen LogP) is 0.551. The molecule has 0 aromatic carbocycles. The lowest BCUT2D eigenvalue weighted by Gasteiger charge is -2.32. The number of aromatic nitrogens is 2. The molecule has 5 heteroatoms. The summed E-state index contributed by atoms with van der Waals surface area (Å²) in [6.45, 7) is 0. The fourth-order valence-corrected chi connectivity index (χ4v) is 1.32. The van der Waals surface area contributed by atoms with Gasteiger partial charge in [0.25, 0.3) is 5.95 Å². The summed E-state index contributed by atoms with van der Waals surface area (Å²) in [5.74, 6) is -0.428. The summed E-state index contributed by atoms with van der Waals surface area (Å²) < 4.78 is 12.9. The largest absolute Gasteiger partial charge is 0.393 e. The minimum atomic E-state index is -0.594. The number of anilines is 1. The maximum Gasteiger partial charge on any atom is 0.255 e. The highest BCUT2D eigenvalue weighted by Gasteiger charge is 2.27. The molecule has 13 heavy (non-hydrogen) atoms. The van der Waals surface area contributed by atoms with Gasteiger partial charge in [0, 0.05) is 18.4 Å². The first-order chi connectivity index (χ1) is 6.25. The number of aliphatic hydroxyl groups excluding tert-OH is 1. The lowest BCUT2D eigenvalue weighted by Crippen LogP contribution is -2.39. The van der Waals surface area contributed by atoms with Crippen LogP contribution in [0.5, 0.6) is 0 Å². The molecule has 0 aliphatic heterocycles. The van der Waals surface area contributed by atoms with E-state index in [4.69, 9.17) is 5.11 Å². The minimum Gasteiger partial charge on any atom is -0.393 e. The molecule has 0 unspecified atom stereocenters. The van der Waals surface area contributed by atoms with Crippen molar-refractivity contribution in [2.75, 3.05) is 5.32 Å². The maximum absolute atomic E-state index is 12.9. The number of nitrogens with zero attached hydrogens (tertiary/aromatic N) is 2. The lowest BCUT2D eigenvalue weighted by atomic mass is 9.90. The van der Waals surface area contributed by atoms with Crippen LogP contribution in [0.4, 0.5) is 10.2 Å². The Morgan fingerprint density at radius 3 is 2.69 bits per heavy atom. The summed E-state index contributed by atoms with van der Waals surface area (Å²) in [6.07, 6.45) is 3.78. The Labute approximate surface area is 74.8 Å². The number of aliphatic hydroxyl groups is 1. The average Bonchev–Trinajstić information content (AvgIpc) is 2.06. The van der Waals surface area contributed by atoms with E-state index in [0.717, 1.165) is 0 Å². The molecule has 1 fully saturated rings. The van der Waals surface area contributed by atoms with Crippen LogP contribution in [0.25, 0.3) is 0 Å². The van der Waals surface area contributed by atoms with Gasteiger partial charge in [0.05, 0.1) is 6.10 Å². The minimum absolute atomic E-state index is 0.126. The molecule has 0 amide bonds. The fraction of sp³-hybridized carbons (Fsp3) is 0.500. The second-order valence-electron chi connectivity index (χ2n) is 3.16. The molecule has 0 saturated heterocycles. The average molecular weight is 183 g/mol. The molecule has 0 radical (unpaired) electrons. The molecular weight excluding hydrogens is 173 g/mol. The molecule has 1 aromatic heterocycles. The topological polar surface area (TPSA) is 58.0 Å². The highest BCUT2D eigenvalue weighted by atomic mass is 19.1. The van der Waals surface area contributed by atoms with E-state index < -0.39 is 5.95 Å². The molecule has 0 atom stereocenters. The van der Waals surface area contributed by atoms with Gasteiger partial charge in [-0.05, 0) is 12.8 Å². The number of hydrogen-bond acceptors (Lipinski definition) is 4. The van der Waals surface area contributed by atoms with Gasteiger partial charge in [0.2, 0.25) is 0 Å². The first kappa shape index (κ1) is 8.37. The first-order valence-corrected chi connectivity index (χ1v) is 4.17. The normalized spacial score (nSPS) is 26.6. The summed E-state index contributed by atoms with van der Waals surface area (Å²) in [5, 5.41) is 11.9. The summed E-state index contributed by atoms with van der Waals surface area (Å²) in [7, 11) is 0. The van der Waals surface area contributed by atoms with E-state index in [9.17, 15) is 4.39 Å². The summed E-state index contributed by atoms with van der Waals surface area (Å²) >= 11 is 0. The van der Waals surface area contributed by atoms with Crippen molar-refractivity contribution in [1.29, 1.82) is 0 Å². The number of nitrogens with one attached hydrogen (secondary N) is 1. The number of halogens is 1. The molecule has 1 aromatic rings. The van der Waals surface area contributed by atoms with Crippen molar-refractivity contribution in [3.63, 3.8) is 0 Å². The van der Waals surface area contributed by atoms with Gasteiger partial charge in [0.15, 0.2) is 5.82 Å².